The van der Waals surface area contributed by atoms with Crippen LogP contribution in [0.5, 0.6) is 0 Å². The third-order valence-electron chi connectivity index (χ3n) is 13.3. The SMILES string of the molecule is CC1(C)[C@@H]2[C@H]3C(=O)C[C@H](C(=O)C(=O)NC4CC4)CCCCCCCCCC[C@H](CC(=O)CC4(C5OCCS5(=O)=O)CCCCC4)C(=O)N3C[C@@H]21. The van der Waals surface area contributed by atoms with Gasteiger partial charge in [-0.1, -0.05) is 84.5 Å². The molecule has 10 nitrogen and oxygen atoms in total. The first kappa shape index (κ1) is 37.6. The van der Waals surface area contributed by atoms with E-state index in [9.17, 15) is 32.4 Å². The van der Waals surface area contributed by atoms with E-state index in [1.165, 1.54) is 0 Å². The summed E-state index contributed by atoms with van der Waals surface area (Å²) in [5.41, 5.74) is -1.83. The average molecular weight is 717 g/mol. The molecule has 0 aromatic rings. The number of ether oxygens (including phenoxy) is 1. The minimum atomic E-state index is -3.46. The van der Waals surface area contributed by atoms with Crippen LogP contribution >= 0.6 is 0 Å². The highest BCUT2D eigenvalue weighted by molar-refractivity contribution is 7.92. The van der Waals surface area contributed by atoms with Gasteiger partial charge in [0.05, 0.1) is 18.4 Å². The Morgan fingerprint density at radius 1 is 0.860 bits per heavy atom. The van der Waals surface area contributed by atoms with E-state index in [-0.39, 0.29) is 72.4 Å². The van der Waals surface area contributed by atoms with Crippen molar-refractivity contribution in [3.63, 3.8) is 0 Å². The van der Waals surface area contributed by atoms with E-state index < -0.39 is 50.3 Å². The van der Waals surface area contributed by atoms with E-state index in [4.69, 9.17) is 4.74 Å². The molecule has 6 atom stereocenters. The van der Waals surface area contributed by atoms with E-state index in [0.29, 0.717) is 32.2 Å². The molecule has 2 amide bonds. The Bertz CT molecular complexity index is 1410. The summed E-state index contributed by atoms with van der Waals surface area (Å²) in [4.78, 5) is 71.0. The standard InChI is InChI=1S/C39H60N2O8S/c1-38(2)30-25-41-33(32(30)38)31(43)23-26(34(44)35(45)40-28-16-17-28)14-10-7-5-3-4-6-8-11-15-27(36(41)46)22-29(42)24-39(18-12-9-13-19-39)37-49-20-21-50(37,47)48/h26-28,30,32-33,37H,3-25H2,1-2H3,(H,40,45)/t26-,27-,30+,32+,33-,37?/m1/s1. The topological polar surface area (TPSA) is 144 Å². The molecule has 0 aromatic carbocycles. The van der Waals surface area contributed by atoms with Gasteiger partial charge in [0.2, 0.25) is 11.7 Å². The van der Waals surface area contributed by atoms with E-state index >= 15 is 0 Å². The molecule has 3 saturated heterocycles. The van der Waals surface area contributed by atoms with Crippen LogP contribution in [0.25, 0.3) is 0 Å². The van der Waals surface area contributed by atoms with E-state index in [0.717, 1.165) is 83.5 Å². The van der Waals surface area contributed by atoms with Crippen molar-refractivity contribution in [2.75, 3.05) is 18.9 Å². The Morgan fingerprint density at radius 2 is 1.48 bits per heavy atom. The number of Topliss-reactive ketones (excluding diaryl/α,β-unsaturated/α-hetero) is 3. The van der Waals surface area contributed by atoms with Crippen molar-refractivity contribution in [2.45, 2.75) is 160 Å². The van der Waals surface area contributed by atoms with Gasteiger partial charge < -0.3 is 15.0 Å². The number of hydrogen-bond donors (Lipinski definition) is 1. The van der Waals surface area contributed by atoms with Crippen molar-refractivity contribution in [1.82, 2.24) is 10.2 Å². The smallest absolute Gasteiger partial charge is 0.287 e. The summed E-state index contributed by atoms with van der Waals surface area (Å²) in [5, 5.41) is 2.82. The minimum Gasteiger partial charge on any atom is -0.361 e. The largest absolute Gasteiger partial charge is 0.361 e. The Balaban J connectivity index is 1.22. The number of nitrogens with zero attached hydrogens (tertiary/aromatic N) is 1. The number of amides is 2. The molecule has 3 aliphatic heterocycles. The first-order chi connectivity index (χ1) is 23.8. The van der Waals surface area contributed by atoms with Gasteiger partial charge in [-0.05, 0) is 55.8 Å². The van der Waals surface area contributed by atoms with Gasteiger partial charge in [0.25, 0.3) is 5.91 Å². The summed E-state index contributed by atoms with van der Waals surface area (Å²) >= 11 is 0. The molecule has 0 bridgehead atoms. The summed E-state index contributed by atoms with van der Waals surface area (Å²) in [7, 11) is -3.46. The van der Waals surface area contributed by atoms with Crippen molar-refractivity contribution < 1.29 is 37.1 Å². The number of fused-ring (bicyclic) bond motifs is 3. The quantitative estimate of drug-likeness (QED) is 0.325. The molecule has 3 aliphatic carbocycles. The average Bonchev–Trinajstić information content (AvgIpc) is 3.85. The summed E-state index contributed by atoms with van der Waals surface area (Å²) in [6.07, 6.45) is 14.6. The fourth-order valence-electron chi connectivity index (χ4n) is 10.2. The Labute approximate surface area is 298 Å². The second-order valence-corrected chi connectivity index (χ2v) is 19.5. The Kier molecular flexibility index (Phi) is 11.6. The maximum absolute atomic E-state index is 14.6. The van der Waals surface area contributed by atoms with Crippen LogP contribution in [-0.4, -0.2) is 78.9 Å². The third-order valence-corrected chi connectivity index (χ3v) is 15.3. The Morgan fingerprint density at radius 3 is 2.10 bits per heavy atom. The van der Waals surface area contributed by atoms with Crippen LogP contribution in [0, 0.1) is 34.5 Å². The molecule has 3 heterocycles. The van der Waals surface area contributed by atoms with E-state index in [2.05, 4.69) is 19.2 Å². The molecule has 6 aliphatic rings. The highest BCUT2D eigenvalue weighted by Crippen LogP contribution is 2.65. The normalized spacial score (nSPS) is 34.6. The number of hydrogen-bond acceptors (Lipinski definition) is 8. The summed E-state index contributed by atoms with van der Waals surface area (Å²) < 4.78 is 31.9. The van der Waals surface area contributed by atoms with Crippen LogP contribution in [0.1, 0.15) is 142 Å². The Hall–Kier alpha value is -2.14. The maximum atomic E-state index is 14.6. The first-order valence-corrected chi connectivity index (χ1v) is 21.6. The van der Waals surface area contributed by atoms with Crippen molar-refractivity contribution in [2.24, 2.45) is 34.5 Å². The molecule has 6 fully saturated rings. The lowest BCUT2D eigenvalue weighted by Crippen LogP contribution is -2.49. The predicted molar refractivity (Wildman–Crippen MR) is 188 cm³/mol. The molecular formula is C39H60N2O8S. The summed E-state index contributed by atoms with van der Waals surface area (Å²) in [6, 6.07) is -0.615. The molecule has 50 heavy (non-hydrogen) atoms. The molecule has 3 saturated carbocycles. The number of carbonyl (C=O) groups is 5. The second kappa shape index (κ2) is 15.5. The van der Waals surface area contributed by atoms with Gasteiger partial charge in [0, 0.05) is 49.1 Å². The number of rotatable bonds is 8. The lowest BCUT2D eigenvalue weighted by Gasteiger charge is -2.40. The monoisotopic (exact) mass is 716 g/mol. The number of ketones is 3. The molecule has 0 spiro atoms. The summed E-state index contributed by atoms with van der Waals surface area (Å²) in [6.45, 7) is 4.88. The van der Waals surface area contributed by atoms with Crippen LogP contribution in [0.15, 0.2) is 0 Å². The van der Waals surface area contributed by atoms with E-state index in [1.54, 1.807) is 4.90 Å². The molecule has 1 unspecified atom stereocenters. The van der Waals surface area contributed by atoms with Gasteiger partial charge >= 0.3 is 0 Å². The van der Waals surface area contributed by atoms with Crippen molar-refractivity contribution in [3.05, 3.63) is 0 Å². The number of piperidine rings is 1. The summed E-state index contributed by atoms with van der Waals surface area (Å²) in [5.74, 6) is -2.66. The molecule has 11 heteroatoms. The number of sulfone groups is 1. The molecule has 280 valence electrons. The fourth-order valence-corrected chi connectivity index (χ4v) is 12.1. The molecule has 1 N–H and O–H groups in total. The van der Waals surface area contributed by atoms with Gasteiger partial charge in [-0.15, -0.1) is 0 Å². The van der Waals surface area contributed by atoms with Crippen LogP contribution < -0.4 is 5.32 Å². The zero-order chi connectivity index (χ0) is 35.7. The molecule has 6 rings (SSSR count). The van der Waals surface area contributed by atoms with Crippen molar-refractivity contribution in [1.29, 1.82) is 0 Å². The lowest BCUT2D eigenvalue weighted by atomic mass is 9.70. The highest BCUT2D eigenvalue weighted by atomic mass is 32.2. The van der Waals surface area contributed by atoms with Gasteiger partial charge in [0.1, 0.15) is 5.78 Å². The molecule has 0 aromatic heterocycles. The lowest BCUT2D eigenvalue weighted by molar-refractivity contribution is -0.146. The van der Waals surface area contributed by atoms with E-state index in [1.807, 2.05) is 0 Å². The number of carbonyl (C=O) groups excluding carboxylic acids is 5. The maximum Gasteiger partial charge on any atom is 0.287 e. The highest BCUT2D eigenvalue weighted by Gasteiger charge is 2.69. The predicted octanol–water partition coefficient (Wildman–Crippen LogP) is 5.49. The van der Waals surface area contributed by atoms with Crippen molar-refractivity contribution >= 4 is 39.0 Å². The van der Waals surface area contributed by atoms with Gasteiger partial charge in [-0.3, -0.25) is 24.0 Å². The van der Waals surface area contributed by atoms with Gasteiger partial charge in [-0.25, -0.2) is 8.42 Å². The first-order valence-electron chi connectivity index (χ1n) is 19.9. The van der Waals surface area contributed by atoms with Crippen LogP contribution in [0.4, 0.5) is 0 Å². The molecular weight excluding hydrogens is 657 g/mol. The van der Waals surface area contributed by atoms with Gasteiger partial charge in [-0.2, -0.15) is 0 Å². The van der Waals surface area contributed by atoms with Crippen molar-refractivity contribution in [3.8, 4) is 0 Å². The van der Waals surface area contributed by atoms with Crippen LogP contribution in [0.3, 0.4) is 0 Å². The van der Waals surface area contributed by atoms with Crippen LogP contribution in [-0.2, 0) is 38.5 Å². The second-order valence-electron chi connectivity index (χ2n) is 17.4. The fraction of sp³-hybridized carbons (Fsp3) is 0.872. The zero-order valence-electron chi connectivity index (χ0n) is 30.4. The molecule has 0 radical (unpaired) electrons. The zero-order valence-corrected chi connectivity index (χ0v) is 31.2. The minimum absolute atomic E-state index is 0.0105. The van der Waals surface area contributed by atoms with Gasteiger partial charge in [0.15, 0.2) is 21.1 Å². The number of nitrogens with one attached hydrogen (secondary N) is 1. The van der Waals surface area contributed by atoms with Crippen LogP contribution in [0.2, 0.25) is 0 Å². The third kappa shape index (κ3) is 8.24.